The molecule has 9 nitrogen and oxygen atoms in total. The van der Waals surface area contributed by atoms with Gasteiger partial charge in [-0.15, -0.1) is 0 Å². The molecule has 4 aromatic carbocycles. The van der Waals surface area contributed by atoms with Crippen molar-refractivity contribution < 1.29 is 34.0 Å². The molecule has 0 spiro atoms. The summed E-state index contributed by atoms with van der Waals surface area (Å²) in [5.41, 5.74) is 6.51. The predicted molar refractivity (Wildman–Crippen MR) is 187 cm³/mol. The Bertz CT molecular complexity index is 1660. The molecule has 0 saturated carbocycles. The molecule has 3 N–H and O–H groups in total. The van der Waals surface area contributed by atoms with Crippen LogP contribution in [0.25, 0.3) is 11.1 Å². The van der Waals surface area contributed by atoms with Crippen molar-refractivity contribution in [1.82, 2.24) is 10.2 Å². The molecule has 6 atom stereocenters. The minimum Gasteiger partial charge on any atom is -0.453 e. The van der Waals surface area contributed by atoms with E-state index in [1.807, 2.05) is 117 Å². The zero-order chi connectivity index (χ0) is 34.9. The number of aliphatic hydroxyl groups excluding tert-OH is 2. The van der Waals surface area contributed by atoms with Crippen LogP contribution in [-0.4, -0.2) is 58.8 Å². The minimum absolute atomic E-state index is 0.0221. The summed E-state index contributed by atoms with van der Waals surface area (Å²) in [7, 11) is 2.00. The summed E-state index contributed by atoms with van der Waals surface area (Å²) < 4.78 is 18.1. The molecule has 9 heteroatoms. The van der Waals surface area contributed by atoms with Crippen molar-refractivity contribution in [3.05, 3.63) is 131 Å². The molecule has 0 aliphatic carbocycles. The van der Waals surface area contributed by atoms with E-state index in [0.717, 1.165) is 38.9 Å². The molecule has 49 heavy (non-hydrogen) atoms. The second-order valence-electron chi connectivity index (χ2n) is 12.7. The lowest BCUT2D eigenvalue weighted by molar-refractivity contribution is -0.253. The van der Waals surface area contributed by atoms with Crippen LogP contribution in [-0.2, 0) is 37.0 Å². The number of hydrogen-bond donors (Lipinski definition) is 3. The number of benzene rings is 4. The van der Waals surface area contributed by atoms with Crippen LogP contribution >= 0.6 is 0 Å². The second-order valence-corrected chi connectivity index (χ2v) is 12.7. The van der Waals surface area contributed by atoms with Gasteiger partial charge in [-0.2, -0.15) is 0 Å². The summed E-state index contributed by atoms with van der Waals surface area (Å²) in [6, 6.07) is 33.3. The van der Waals surface area contributed by atoms with Gasteiger partial charge in [0.2, 0.25) is 0 Å². The van der Waals surface area contributed by atoms with Crippen molar-refractivity contribution in [3.8, 4) is 11.1 Å². The number of amides is 1. The molecule has 1 fully saturated rings. The molecule has 0 aromatic heterocycles. The van der Waals surface area contributed by atoms with Crippen molar-refractivity contribution in [2.75, 3.05) is 13.6 Å². The fourth-order valence-corrected chi connectivity index (χ4v) is 6.02. The van der Waals surface area contributed by atoms with E-state index in [2.05, 4.69) is 10.2 Å². The Kier molecular flexibility index (Phi) is 12.3. The van der Waals surface area contributed by atoms with Crippen LogP contribution in [0.15, 0.2) is 103 Å². The maximum Gasteiger partial charge on any atom is 0.303 e. The number of carbonyl (C=O) groups excluding carboxylic acids is 2. The number of aliphatic hydroxyl groups is 2. The molecule has 1 aliphatic rings. The Hall–Kier alpha value is -4.38. The van der Waals surface area contributed by atoms with E-state index in [-0.39, 0.29) is 30.8 Å². The molecule has 1 heterocycles. The number of esters is 1. The van der Waals surface area contributed by atoms with E-state index >= 15 is 0 Å². The summed E-state index contributed by atoms with van der Waals surface area (Å²) >= 11 is 0. The lowest BCUT2D eigenvalue weighted by atomic mass is 9.98. The van der Waals surface area contributed by atoms with E-state index in [1.165, 1.54) is 6.92 Å². The quantitative estimate of drug-likeness (QED) is 0.149. The molecule has 0 bridgehead atoms. The van der Waals surface area contributed by atoms with E-state index in [9.17, 15) is 19.8 Å². The van der Waals surface area contributed by atoms with Crippen LogP contribution in [0.5, 0.6) is 0 Å². The van der Waals surface area contributed by atoms with Crippen LogP contribution < -0.4 is 5.32 Å². The zero-order valence-corrected chi connectivity index (χ0v) is 28.5. The number of carbonyl (C=O) groups is 2. The molecule has 6 unspecified atom stereocenters. The Labute approximate surface area is 288 Å². The van der Waals surface area contributed by atoms with Crippen molar-refractivity contribution in [3.63, 3.8) is 0 Å². The highest BCUT2D eigenvalue weighted by Crippen LogP contribution is 2.39. The van der Waals surface area contributed by atoms with Crippen LogP contribution in [0.2, 0.25) is 0 Å². The second kappa shape index (κ2) is 16.8. The van der Waals surface area contributed by atoms with Crippen LogP contribution in [0.4, 0.5) is 0 Å². The minimum atomic E-state index is -0.860. The average molecular weight is 667 g/mol. The molecule has 5 rings (SSSR count). The van der Waals surface area contributed by atoms with E-state index in [4.69, 9.17) is 14.2 Å². The van der Waals surface area contributed by atoms with Crippen LogP contribution in [0, 0.1) is 0 Å². The Morgan fingerprint density at radius 3 is 2.24 bits per heavy atom. The van der Waals surface area contributed by atoms with Gasteiger partial charge in [-0.25, -0.2) is 0 Å². The Balaban J connectivity index is 1.30. The van der Waals surface area contributed by atoms with E-state index < -0.39 is 24.5 Å². The molecule has 1 saturated heterocycles. The highest BCUT2D eigenvalue weighted by Gasteiger charge is 2.34. The summed E-state index contributed by atoms with van der Waals surface area (Å²) in [5.74, 6) is -0.855. The van der Waals surface area contributed by atoms with Crippen molar-refractivity contribution in [1.29, 1.82) is 0 Å². The number of nitrogens with zero attached hydrogens (tertiary/aromatic N) is 1. The molecular weight excluding hydrogens is 620 g/mol. The first-order chi connectivity index (χ1) is 23.6. The fourth-order valence-electron chi connectivity index (χ4n) is 6.02. The molecule has 0 radical (unpaired) electrons. The topological polar surface area (TPSA) is 118 Å². The van der Waals surface area contributed by atoms with Crippen molar-refractivity contribution >= 4 is 11.9 Å². The lowest BCUT2D eigenvalue weighted by Crippen LogP contribution is -2.43. The van der Waals surface area contributed by atoms with Crippen molar-refractivity contribution in [2.24, 2.45) is 0 Å². The number of hydrogen-bond acceptors (Lipinski definition) is 8. The third-order valence-electron chi connectivity index (χ3n) is 9.02. The monoisotopic (exact) mass is 666 g/mol. The average Bonchev–Trinajstić information content (AvgIpc) is 3.13. The largest absolute Gasteiger partial charge is 0.453 e. The van der Waals surface area contributed by atoms with E-state index in [0.29, 0.717) is 19.5 Å². The van der Waals surface area contributed by atoms with Crippen LogP contribution in [0.3, 0.4) is 0 Å². The number of likely N-dealkylation sites (N-methyl/N-ethyl adjacent to an activating group) is 1. The molecular formula is C40H46N2O7. The van der Waals surface area contributed by atoms with E-state index in [1.54, 1.807) is 6.92 Å². The maximum atomic E-state index is 12.3. The van der Waals surface area contributed by atoms with Crippen LogP contribution in [0.1, 0.15) is 73.5 Å². The smallest absolute Gasteiger partial charge is 0.303 e. The Morgan fingerprint density at radius 2 is 1.57 bits per heavy atom. The maximum absolute atomic E-state index is 12.3. The van der Waals surface area contributed by atoms with Gasteiger partial charge in [-0.3, -0.25) is 14.5 Å². The molecule has 1 amide bonds. The van der Waals surface area contributed by atoms with Gasteiger partial charge in [0.25, 0.3) is 5.91 Å². The number of rotatable bonds is 13. The first kappa shape index (κ1) is 35.9. The van der Waals surface area contributed by atoms with Gasteiger partial charge in [0.05, 0.1) is 24.9 Å². The fraction of sp³-hybridized carbons (Fsp3) is 0.350. The van der Waals surface area contributed by atoms with Gasteiger partial charge in [0.15, 0.2) is 12.4 Å². The summed E-state index contributed by atoms with van der Waals surface area (Å²) in [6.45, 7) is 5.71. The molecule has 258 valence electrons. The molecule has 4 aromatic rings. The number of ether oxygens (including phenoxy) is 3. The highest BCUT2D eigenvalue weighted by molar-refractivity contribution is 5.82. The van der Waals surface area contributed by atoms with Crippen molar-refractivity contribution in [2.45, 2.75) is 77.1 Å². The first-order valence-electron chi connectivity index (χ1n) is 16.7. The normalized spacial score (nSPS) is 19.5. The third kappa shape index (κ3) is 9.62. The van der Waals surface area contributed by atoms with Gasteiger partial charge >= 0.3 is 5.97 Å². The number of nitrogens with one attached hydrogen (secondary N) is 1. The van der Waals surface area contributed by atoms with Gasteiger partial charge in [-0.05, 0) is 60.3 Å². The highest BCUT2D eigenvalue weighted by atomic mass is 16.7. The van der Waals surface area contributed by atoms with Gasteiger partial charge < -0.3 is 29.7 Å². The summed E-state index contributed by atoms with van der Waals surface area (Å²) in [4.78, 5) is 25.6. The van der Waals surface area contributed by atoms with Gasteiger partial charge in [-0.1, -0.05) is 97.1 Å². The van der Waals surface area contributed by atoms with Gasteiger partial charge in [0.1, 0.15) is 0 Å². The Morgan fingerprint density at radius 1 is 0.878 bits per heavy atom. The third-order valence-corrected chi connectivity index (χ3v) is 9.02. The SMILES string of the molecule is CC(=O)OC(C)C(=O)NCc1cccc(-c2ccc(C3OC(CN(C)C(C)C(O)c4ccccc4)CC(c4ccc(CO)cc4)O3)cc2)c1. The zero-order valence-electron chi connectivity index (χ0n) is 28.5. The van der Waals surface area contributed by atoms with Gasteiger partial charge in [0, 0.05) is 38.0 Å². The standard InChI is InChI=1S/C40H46N2O7/c1-26(38(45)33-10-6-5-7-11-33)42(4)24-36-22-37(32-15-13-29(25-43)14-16-32)49-40(48-36)34-19-17-31(18-20-34)35-12-8-9-30(21-35)23-41-39(46)27(2)47-28(3)44/h5-21,26-27,36-38,40,43,45H,22-25H2,1-4H3,(H,41,46). The first-order valence-corrected chi connectivity index (χ1v) is 16.7. The molecule has 1 aliphatic heterocycles. The predicted octanol–water partition coefficient (Wildman–Crippen LogP) is 6.01. The lowest BCUT2D eigenvalue weighted by Gasteiger charge is -2.39. The summed E-state index contributed by atoms with van der Waals surface area (Å²) in [5, 5.41) is 23.5. The summed E-state index contributed by atoms with van der Waals surface area (Å²) in [6.07, 6.45) is -1.88.